The summed E-state index contributed by atoms with van der Waals surface area (Å²) in [6.45, 7) is 1.59. The van der Waals surface area contributed by atoms with E-state index in [0.29, 0.717) is 11.3 Å². The van der Waals surface area contributed by atoms with E-state index in [1.165, 1.54) is 30.3 Å². The van der Waals surface area contributed by atoms with E-state index in [4.69, 9.17) is 17.3 Å². The number of halogens is 2. The van der Waals surface area contributed by atoms with Crippen LogP contribution in [0.5, 0.6) is 0 Å². The Balaban J connectivity index is 2.40. The molecule has 7 heteroatoms. The largest absolute Gasteiger partial charge is 0.398 e. The second kappa shape index (κ2) is 5.30. The van der Waals surface area contributed by atoms with Crippen molar-refractivity contribution in [2.24, 2.45) is 0 Å². The summed E-state index contributed by atoms with van der Waals surface area (Å²) >= 11 is 5.83. The van der Waals surface area contributed by atoms with Gasteiger partial charge in [0.05, 0.1) is 21.3 Å². The summed E-state index contributed by atoms with van der Waals surface area (Å²) in [4.78, 5) is -0.120. The molecule has 2 aromatic carbocycles. The van der Waals surface area contributed by atoms with Crippen molar-refractivity contribution in [2.75, 3.05) is 10.5 Å². The zero-order chi connectivity index (χ0) is 14.9. The number of hydrogen-bond acceptors (Lipinski definition) is 3. The van der Waals surface area contributed by atoms with Crippen molar-refractivity contribution >= 4 is 33.0 Å². The first kappa shape index (κ1) is 14.6. The van der Waals surface area contributed by atoms with Crippen molar-refractivity contribution in [3.63, 3.8) is 0 Å². The van der Waals surface area contributed by atoms with Crippen LogP contribution in [0.3, 0.4) is 0 Å². The zero-order valence-corrected chi connectivity index (χ0v) is 12.1. The van der Waals surface area contributed by atoms with E-state index < -0.39 is 15.8 Å². The van der Waals surface area contributed by atoms with Crippen LogP contribution in [-0.4, -0.2) is 8.42 Å². The van der Waals surface area contributed by atoms with Crippen LogP contribution in [0.15, 0.2) is 41.3 Å². The number of aryl methyl sites for hydroxylation is 1. The second-order valence-electron chi connectivity index (χ2n) is 4.25. The standard InChI is InChI=1S/C13H12ClFN2O2S/c1-8-2-3-9(15)6-13(8)20(18,19)17-10-4-5-12(16)11(14)7-10/h2-7,17H,16H2,1H3. The van der Waals surface area contributed by atoms with Crippen LogP contribution < -0.4 is 10.5 Å². The van der Waals surface area contributed by atoms with Crippen LogP contribution in [0, 0.1) is 12.7 Å². The summed E-state index contributed by atoms with van der Waals surface area (Å²) in [5, 5.41) is 0.237. The summed E-state index contributed by atoms with van der Waals surface area (Å²) in [5.74, 6) is -0.619. The van der Waals surface area contributed by atoms with Crippen LogP contribution >= 0.6 is 11.6 Å². The molecule has 0 saturated carbocycles. The van der Waals surface area contributed by atoms with Crippen molar-refractivity contribution in [2.45, 2.75) is 11.8 Å². The molecule has 0 aromatic heterocycles. The topological polar surface area (TPSA) is 72.2 Å². The van der Waals surface area contributed by atoms with Crippen molar-refractivity contribution in [1.29, 1.82) is 0 Å². The molecule has 0 spiro atoms. The molecule has 106 valence electrons. The van der Waals surface area contributed by atoms with Crippen LogP contribution in [-0.2, 0) is 10.0 Å². The molecule has 0 fully saturated rings. The highest BCUT2D eigenvalue weighted by molar-refractivity contribution is 7.92. The number of sulfonamides is 1. The van der Waals surface area contributed by atoms with Crippen LogP contribution in [0.4, 0.5) is 15.8 Å². The molecule has 2 rings (SSSR count). The third kappa shape index (κ3) is 3.02. The van der Waals surface area contributed by atoms with E-state index in [1.54, 1.807) is 6.92 Å². The highest BCUT2D eigenvalue weighted by Crippen LogP contribution is 2.25. The molecule has 0 amide bonds. The third-order valence-electron chi connectivity index (χ3n) is 2.69. The lowest BCUT2D eigenvalue weighted by Crippen LogP contribution is -2.14. The molecule has 0 aliphatic carbocycles. The highest BCUT2D eigenvalue weighted by atomic mass is 35.5. The molecule has 0 aliphatic heterocycles. The fourth-order valence-electron chi connectivity index (χ4n) is 1.66. The molecule has 20 heavy (non-hydrogen) atoms. The summed E-state index contributed by atoms with van der Waals surface area (Å²) in [5.41, 5.74) is 6.59. The number of nitrogens with two attached hydrogens (primary N) is 1. The van der Waals surface area contributed by atoms with Gasteiger partial charge in [-0.25, -0.2) is 12.8 Å². The maximum atomic E-state index is 13.2. The molecule has 0 radical (unpaired) electrons. The van der Waals surface area contributed by atoms with Gasteiger partial charge in [0.2, 0.25) is 0 Å². The molecule has 0 atom stereocenters. The quantitative estimate of drug-likeness (QED) is 0.855. The average Bonchev–Trinajstić information content (AvgIpc) is 2.36. The van der Waals surface area contributed by atoms with Crippen LogP contribution in [0.1, 0.15) is 5.56 Å². The van der Waals surface area contributed by atoms with E-state index in [9.17, 15) is 12.8 Å². The summed E-state index contributed by atoms with van der Waals surface area (Å²) < 4.78 is 40.0. The van der Waals surface area contributed by atoms with Gasteiger partial charge in [-0.15, -0.1) is 0 Å². The third-order valence-corrected chi connectivity index (χ3v) is 4.54. The lowest BCUT2D eigenvalue weighted by atomic mass is 10.2. The first-order chi connectivity index (χ1) is 9.29. The minimum Gasteiger partial charge on any atom is -0.398 e. The minimum atomic E-state index is -3.89. The van der Waals surface area contributed by atoms with Gasteiger partial charge in [0.15, 0.2) is 0 Å². The van der Waals surface area contributed by atoms with Gasteiger partial charge in [-0.2, -0.15) is 0 Å². The van der Waals surface area contributed by atoms with E-state index in [1.807, 2.05) is 0 Å². The van der Waals surface area contributed by atoms with E-state index in [0.717, 1.165) is 6.07 Å². The van der Waals surface area contributed by atoms with E-state index >= 15 is 0 Å². The number of anilines is 2. The van der Waals surface area contributed by atoms with Gasteiger partial charge in [-0.1, -0.05) is 17.7 Å². The maximum Gasteiger partial charge on any atom is 0.262 e. The lowest BCUT2D eigenvalue weighted by molar-refractivity contribution is 0.594. The van der Waals surface area contributed by atoms with Crippen molar-refractivity contribution in [1.82, 2.24) is 0 Å². The van der Waals surface area contributed by atoms with Gasteiger partial charge in [0.1, 0.15) is 5.82 Å². The second-order valence-corrected chi connectivity index (χ2v) is 6.31. The van der Waals surface area contributed by atoms with Crippen LogP contribution in [0.25, 0.3) is 0 Å². The minimum absolute atomic E-state index is 0.120. The normalized spacial score (nSPS) is 11.3. The monoisotopic (exact) mass is 314 g/mol. The Morgan fingerprint density at radius 3 is 2.55 bits per heavy atom. The van der Waals surface area contributed by atoms with Gasteiger partial charge < -0.3 is 5.73 Å². The number of rotatable bonds is 3. The highest BCUT2D eigenvalue weighted by Gasteiger charge is 2.18. The molecule has 0 bridgehead atoms. The smallest absolute Gasteiger partial charge is 0.262 e. The van der Waals surface area contributed by atoms with E-state index in [2.05, 4.69) is 4.72 Å². The van der Waals surface area contributed by atoms with E-state index in [-0.39, 0.29) is 15.6 Å². The number of nitrogen functional groups attached to an aromatic ring is 1. The van der Waals surface area contributed by atoms with Gasteiger partial charge in [-0.05, 0) is 42.8 Å². The molecule has 0 unspecified atom stereocenters. The van der Waals surface area contributed by atoms with Crippen LogP contribution in [0.2, 0.25) is 5.02 Å². The molecule has 2 aromatic rings. The maximum absolute atomic E-state index is 13.2. The predicted molar refractivity (Wildman–Crippen MR) is 77.8 cm³/mol. The molecule has 0 aliphatic rings. The fourth-order valence-corrected chi connectivity index (χ4v) is 3.15. The SMILES string of the molecule is Cc1ccc(F)cc1S(=O)(=O)Nc1ccc(N)c(Cl)c1. The summed E-state index contributed by atoms with van der Waals surface area (Å²) in [6, 6.07) is 7.93. The van der Waals surface area contributed by atoms with Gasteiger partial charge in [-0.3, -0.25) is 4.72 Å². The molecule has 4 nitrogen and oxygen atoms in total. The summed E-state index contributed by atoms with van der Waals surface area (Å²) in [7, 11) is -3.89. The first-order valence-corrected chi connectivity index (χ1v) is 7.50. The van der Waals surface area contributed by atoms with Crippen molar-refractivity contribution in [3.05, 3.63) is 52.8 Å². The lowest BCUT2D eigenvalue weighted by Gasteiger charge is -2.11. The Bertz CT molecular complexity index is 763. The number of benzene rings is 2. The Kier molecular flexibility index (Phi) is 3.87. The zero-order valence-electron chi connectivity index (χ0n) is 10.5. The predicted octanol–water partition coefficient (Wildman–Crippen LogP) is 3.17. The Labute approximate surface area is 121 Å². The molecule has 3 N–H and O–H groups in total. The Hall–Kier alpha value is -1.79. The first-order valence-electron chi connectivity index (χ1n) is 5.63. The fraction of sp³-hybridized carbons (Fsp3) is 0.0769. The van der Waals surface area contributed by atoms with Crippen molar-refractivity contribution in [3.8, 4) is 0 Å². The average molecular weight is 315 g/mol. The van der Waals surface area contributed by atoms with Crippen molar-refractivity contribution < 1.29 is 12.8 Å². The van der Waals surface area contributed by atoms with Gasteiger partial charge in [0, 0.05) is 0 Å². The Morgan fingerprint density at radius 2 is 1.90 bits per heavy atom. The molecule has 0 heterocycles. The summed E-state index contributed by atoms with van der Waals surface area (Å²) in [6.07, 6.45) is 0. The number of hydrogen-bond donors (Lipinski definition) is 2. The van der Waals surface area contributed by atoms with Gasteiger partial charge >= 0.3 is 0 Å². The molecular formula is C13H12ClFN2O2S. The molecular weight excluding hydrogens is 303 g/mol. The molecule has 0 saturated heterocycles. The van der Waals surface area contributed by atoms with Gasteiger partial charge in [0.25, 0.3) is 10.0 Å². The number of nitrogens with one attached hydrogen (secondary N) is 1. The Morgan fingerprint density at radius 1 is 1.20 bits per heavy atom.